The molecule has 1 amide bonds. The molecule has 182 valence electrons. The summed E-state index contributed by atoms with van der Waals surface area (Å²) in [7, 11) is -2.47. The highest BCUT2D eigenvalue weighted by Crippen LogP contribution is 2.33. The zero-order valence-electron chi connectivity index (χ0n) is 19.3. The van der Waals surface area contributed by atoms with Gasteiger partial charge in [0.15, 0.2) is 9.84 Å². The average molecular weight is 479 g/mol. The molecule has 2 atom stereocenters. The van der Waals surface area contributed by atoms with Crippen molar-refractivity contribution in [3.8, 4) is 0 Å². The first kappa shape index (κ1) is 24.2. The summed E-state index contributed by atoms with van der Waals surface area (Å²) in [4.78, 5) is 29.5. The van der Waals surface area contributed by atoms with Crippen LogP contribution in [0.4, 0.5) is 0 Å². The Morgan fingerprint density at radius 2 is 1.79 bits per heavy atom. The van der Waals surface area contributed by atoms with Gasteiger partial charge in [-0.3, -0.25) is 9.69 Å². The largest absolute Gasteiger partial charge is 0.465 e. The number of sulfone groups is 1. The summed E-state index contributed by atoms with van der Waals surface area (Å²) in [5.74, 6) is -0.899. The molecule has 1 aromatic rings. The van der Waals surface area contributed by atoms with E-state index >= 15 is 0 Å². The highest BCUT2D eigenvalue weighted by atomic mass is 32.2. The normalized spacial score (nSPS) is 25.5. The third kappa shape index (κ3) is 5.41. The molecule has 0 bridgehead atoms. The Balaban J connectivity index is 1.60. The SMILES string of the molecule is COC(=O)c1cccc(S(=O)(=O)C2CC(C(=O)N3CCOCC3)CN(C3CCCCC3)C2)c1. The molecule has 1 aromatic carbocycles. The minimum absolute atomic E-state index is 0.0299. The van der Waals surface area contributed by atoms with Gasteiger partial charge in [-0.25, -0.2) is 13.2 Å². The van der Waals surface area contributed by atoms with Gasteiger partial charge in [-0.05, 0) is 37.5 Å². The molecule has 8 nitrogen and oxygen atoms in total. The molecule has 2 saturated heterocycles. The van der Waals surface area contributed by atoms with E-state index in [1.165, 1.54) is 25.7 Å². The van der Waals surface area contributed by atoms with Crippen LogP contribution in [0.25, 0.3) is 0 Å². The first-order valence-corrected chi connectivity index (χ1v) is 13.5. The van der Waals surface area contributed by atoms with Gasteiger partial charge >= 0.3 is 5.97 Å². The number of ether oxygens (including phenoxy) is 2. The van der Waals surface area contributed by atoms with E-state index in [2.05, 4.69) is 4.90 Å². The molecule has 0 N–H and O–H groups in total. The molecule has 2 aliphatic heterocycles. The molecule has 0 spiro atoms. The molecule has 2 heterocycles. The smallest absolute Gasteiger partial charge is 0.337 e. The summed E-state index contributed by atoms with van der Waals surface area (Å²) in [6.45, 7) is 3.17. The van der Waals surface area contributed by atoms with Crippen molar-refractivity contribution in [1.29, 1.82) is 0 Å². The molecule has 3 aliphatic rings. The summed E-state index contributed by atoms with van der Waals surface area (Å²) in [5, 5.41) is -0.698. The number of methoxy groups -OCH3 is 1. The van der Waals surface area contributed by atoms with Crippen LogP contribution in [0.5, 0.6) is 0 Å². The third-order valence-corrected chi connectivity index (χ3v) is 9.36. The minimum atomic E-state index is -3.74. The van der Waals surface area contributed by atoms with Crippen molar-refractivity contribution in [2.45, 2.75) is 54.7 Å². The van der Waals surface area contributed by atoms with Crippen LogP contribution in [0.15, 0.2) is 29.2 Å². The van der Waals surface area contributed by atoms with Gasteiger partial charge in [0.1, 0.15) is 0 Å². The number of rotatable bonds is 5. The Hall–Kier alpha value is -1.97. The summed E-state index contributed by atoms with van der Waals surface area (Å²) < 4.78 is 37.5. The molecule has 1 aliphatic carbocycles. The Morgan fingerprint density at radius 3 is 2.48 bits per heavy atom. The fraction of sp³-hybridized carbons (Fsp3) is 0.667. The molecule has 0 aromatic heterocycles. The van der Waals surface area contributed by atoms with Crippen LogP contribution in [0.1, 0.15) is 48.9 Å². The van der Waals surface area contributed by atoms with Crippen LogP contribution >= 0.6 is 0 Å². The van der Waals surface area contributed by atoms with Crippen LogP contribution in [0.3, 0.4) is 0 Å². The minimum Gasteiger partial charge on any atom is -0.465 e. The fourth-order valence-corrected chi connectivity index (χ4v) is 7.20. The van der Waals surface area contributed by atoms with Crippen LogP contribution in [-0.2, 0) is 24.1 Å². The standard InChI is InChI=1S/C24H34N2O6S/c1-31-24(28)18-6-5-9-21(14-18)33(29,30)22-15-19(23(27)25-10-12-32-13-11-25)16-26(17-22)20-7-3-2-4-8-20/h5-6,9,14,19-20,22H,2-4,7-8,10-13,15-17H2,1H3. The van der Waals surface area contributed by atoms with Crippen molar-refractivity contribution in [1.82, 2.24) is 9.80 Å². The van der Waals surface area contributed by atoms with Gasteiger partial charge in [0.25, 0.3) is 0 Å². The molecule has 33 heavy (non-hydrogen) atoms. The average Bonchev–Trinajstić information content (AvgIpc) is 2.88. The van der Waals surface area contributed by atoms with Crippen LogP contribution < -0.4 is 0 Å². The predicted molar refractivity (Wildman–Crippen MR) is 123 cm³/mol. The molecule has 4 rings (SSSR count). The monoisotopic (exact) mass is 478 g/mol. The summed E-state index contributed by atoms with van der Waals surface area (Å²) >= 11 is 0. The number of carbonyl (C=O) groups excluding carboxylic acids is 2. The van der Waals surface area contributed by atoms with E-state index in [0.717, 1.165) is 25.7 Å². The van der Waals surface area contributed by atoms with E-state index < -0.39 is 21.1 Å². The lowest BCUT2D eigenvalue weighted by Crippen LogP contribution is -2.55. The number of carbonyl (C=O) groups is 2. The lowest BCUT2D eigenvalue weighted by Gasteiger charge is -2.43. The molecular formula is C24H34N2O6S. The van der Waals surface area contributed by atoms with Crippen molar-refractivity contribution < 1.29 is 27.5 Å². The Labute approximate surface area is 196 Å². The lowest BCUT2D eigenvalue weighted by molar-refractivity contribution is -0.141. The zero-order valence-corrected chi connectivity index (χ0v) is 20.1. The maximum Gasteiger partial charge on any atom is 0.337 e. The molecule has 2 unspecified atom stereocenters. The first-order chi connectivity index (χ1) is 15.9. The second-order valence-corrected chi connectivity index (χ2v) is 11.5. The van der Waals surface area contributed by atoms with Gasteiger partial charge in [-0.2, -0.15) is 0 Å². The first-order valence-electron chi connectivity index (χ1n) is 11.9. The summed E-state index contributed by atoms with van der Waals surface area (Å²) in [5.41, 5.74) is 0.208. The fourth-order valence-electron chi connectivity index (χ4n) is 5.39. The van der Waals surface area contributed by atoms with Crippen molar-refractivity contribution in [3.63, 3.8) is 0 Å². The van der Waals surface area contributed by atoms with Crippen molar-refractivity contribution in [3.05, 3.63) is 29.8 Å². The van der Waals surface area contributed by atoms with E-state index in [1.807, 2.05) is 4.90 Å². The van der Waals surface area contributed by atoms with Gasteiger partial charge in [0, 0.05) is 32.2 Å². The maximum absolute atomic E-state index is 13.7. The number of morpholine rings is 1. The van der Waals surface area contributed by atoms with Gasteiger partial charge in [0.05, 0.1) is 42.0 Å². The van der Waals surface area contributed by atoms with Crippen LogP contribution in [-0.4, -0.2) is 87.9 Å². The number of amides is 1. The lowest BCUT2D eigenvalue weighted by atomic mass is 9.89. The Kier molecular flexibility index (Phi) is 7.71. The van der Waals surface area contributed by atoms with E-state index in [1.54, 1.807) is 12.1 Å². The second kappa shape index (κ2) is 10.5. The van der Waals surface area contributed by atoms with Crippen molar-refractivity contribution in [2.75, 3.05) is 46.5 Å². The number of benzene rings is 1. The Bertz CT molecular complexity index is 953. The number of piperidine rings is 1. The van der Waals surface area contributed by atoms with E-state index in [0.29, 0.717) is 51.9 Å². The highest BCUT2D eigenvalue weighted by molar-refractivity contribution is 7.92. The quantitative estimate of drug-likeness (QED) is 0.599. The van der Waals surface area contributed by atoms with Gasteiger partial charge < -0.3 is 14.4 Å². The molecular weight excluding hydrogens is 444 g/mol. The highest BCUT2D eigenvalue weighted by Gasteiger charge is 2.42. The second-order valence-electron chi connectivity index (χ2n) is 9.30. The zero-order chi connectivity index (χ0) is 23.4. The van der Waals surface area contributed by atoms with E-state index in [9.17, 15) is 18.0 Å². The predicted octanol–water partition coefficient (Wildman–Crippen LogP) is 2.13. The number of esters is 1. The number of likely N-dealkylation sites (tertiary alicyclic amines) is 1. The topological polar surface area (TPSA) is 93.2 Å². The van der Waals surface area contributed by atoms with Gasteiger partial charge in [-0.15, -0.1) is 0 Å². The molecule has 9 heteroatoms. The van der Waals surface area contributed by atoms with Crippen LogP contribution in [0.2, 0.25) is 0 Å². The van der Waals surface area contributed by atoms with E-state index in [4.69, 9.17) is 9.47 Å². The van der Waals surface area contributed by atoms with E-state index in [-0.39, 0.29) is 22.3 Å². The van der Waals surface area contributed by atoms with Crippen molar-refractivity contribution >= 4 is 21.7 Å². The van der Waals surface area contributed by atoms with Gasteiger partial charge in [0.2, 0.25) is 5.91 Å². The molecule has 3 fully saturated rings. The van der Waals surface area contributed by atoms with Gasteiger partial charge in [-0.1, -0.05) is 25.3 Å². The molecule has 1 saturated carbocycles. The summed E-state index contributed by atoms with van der Waals surface area (Å²) in [6, 6.07) is 6.35. The summed E-state index contributed by atoms with van der Waals surface area (Å²) in [6.07, 6.45) is 5.88. The molecule has 0 radical (unpaired) electrons. The van der Waals surface area contributed by atoms with Crippen molar-refractivity contribution in [2.24, 2.45) is 5.92 Å². The maximum atomic E-state index is 13.7. The Morgan fingerprint density at radius 1 is 1.06 bits per heavy atom. The third-order valence-electron chi connectivity index (χ3n) is 7.23. The number of hydrogen-bond donors (Lipinski definition) is 0. The number of nitrogens with zero attached hydrogens (tertiary/aromatic N) is 2. The van der Waals surface area contributed by atoms with Crippen LogP contribution in [0, 0.1) is 5.92 Å². The number of hydrogen-bond acceptors (Lipinski definition) is 7.